The molecule has 1 aromatic carbocycles. The lowest BCUT2D eigenvalue weighted by atomic mass is 10.2. The Balaban J connectivity index is -0.000000343. The highest BCUT2D eigenvalue weighted by atomic mass is 79.9. The molecule has 0 spiro atoms. The predicted octanol–water partition coefficient (Wildman–Crippen LogP) is 1.88. The Labute approximate surface area is 276 Å². The maximum absolute atomic E-state index is 12.3. The summed E-state index contributed by atoms with van der Waals surface area (Å²) in [5.74, 6) is 0.00584. The largest absolute Gasteiger partial charge is 0.412 e. The van der Waals surface area contributed by atoms with E-state index in [0.717, 1.165) is 77.4 Å². The molecule has 0 aliphatic carbocycles. The molecule has 0 aromatic heterocycles. The molecule has 226 valence electrons. The fraction of sp³-hybridized carbons (Fsp3) is 0.696. The monoisotopic (exact) mass is 854 g/mol. The van der Waals surface area contributed by atoms with Crippen molar-refractivity contribution in [3.8, 4) is 0 Å². The molecule has 0 bridgehead atoms. The van der Waals surface area contributed by atoms with Gasteiger partial charge >= 0.3 is 0 Å². The first kappa shape index (κ1) is 50.6. The number of benzene rings is 1. The number of nitrogens with two attached hydrogens (primary N) is 1. The van der Waals surface area contributed by atoms with E-state index in [2.05, 4.69) is 39.0 Å². The van der Waals surface area contributed by atoms with Crippen molar-refractivity contribution in [1.82, 2.24) is 24.9 Å². The van der Waals surface area contributed by atoms with Crippen molar-refractivity contribution in [3.05, 3.63) is 35.9 Å². The van der Waals surface area contributed by atoms with E-state index in [9.17, 15) is 4.79 Å². The molecule has 1 aliphatic heterocycles. The SMILES string of the molecule is Br.Br.Br.Br.Br.CN1CCCN(CCN)CCN(CCNC(=O)c2ccccc2)CCCN(C)CC1.O.O. The van der Waals surface area contributed by atoms with Crippen molar-refractivity contribution in [2.24, 2.45) is 5.73 Å². The van der Waals surface area contributed by atoms with Gasteiger partial charge in [-0.25, -0.2) is 0 Å². The number of amides is 1. The Morgan fingerprint density at radius 2 is 1.19 bits per heavy atom. The molecular weight excluding hydrogens is 808 g/mol. The van der Waals surface area contributed by atoms with Crippen LogP contribution in [0.2, 0.25) is 0 Å². The molecule has 1 aliphatic rings. The van der Waals surface area contributed by atoms with Gasteiger partial charge in [0.1, 0.15) is 0 Å². The van der Waals surface area contributed by atoms with Gasteiger partial charge in [0.05, 0.1) is 0 Å². The standard InChI is InChI=1S/C23H42N6O.5BrH.2H2O/c1-26-12-6-14-28(16-10-24)20-21-29(15-7-13-27(2)19-18-26)17-11-25-23(30)22-8-4-3-5-9-22;;;;;;;/h3-5,8-9H,6-7,10-21,24H2,1-2H3,(H,25,30);5*1H;2*1H2. The summed E-state index contributed by atoms with van der Waals surface area (Å²) in [6.45, 7) is 11.8. The maximum atomic E-state index is 12.3. The van der Waals surface area contributed by atoms with Crippen molar-refractivity contribution in [3.63, 3.8) is 0 Å². The molecule has 7 N–H and O–H groups in total. The Morgan fingerprint density at radius 3 is 1.65 bits per heavy atom. The van der Waals surface area contributed by atoms with Crippen LogP contribution in [0.4, 0.5) is 0 Å². The first-order valence-electron chi connectivity index (χ1n) is 11.4. The summed E-state index contributed by atoms with van der Waals surface area (Å²) in [4.78, 5) is 22.1. The Kier molecular flexibility index (Phi) is 42.9. The van der Waals surface area contributed by atoms with Gasteiger partial charge in [-0.3, -0.25) is 4.79 Å². The first-order chi connectivity index (χ1) is 14.6. The van der Waals surface area contributed by atoms with Crippen LogP contribution in [0.1, 0.15) is 23.2 Å². The van der Waals surface area contributed by atoms with E-state index in [0.29, 0.717) is 13.1 Å². The highest BCUT2D eigenvalue weighted by Crippen LogP contribution is 2.01. The summed E-state index contributed by atoms with van der Waals surface area (Å²) >= 11 is 0. The van der Waals surface area contributed by atoms with Crippen LogP contribution in [0, 0.1) is 0 Å². The van der Waals surface area contributed by atoms with Crippen LogP contribution in [-0.4, -0.2) is 129 Å². The molecule has 2 rings (SSSR count). The molecule has 0 radical (unpaired) electrons. The number of hydrogen-bond acceptors (Lipinski definition) is 6. The lowest BCUT2D eigenvalue weighted by Gasteiger charge is -2.30. The lowest BCUT2D eigenvalue weighted by Crippen LogP contribution is -2.43. The van der Waals surface area contributed by atoms with Gasteiger partial charge in [0.25, 0.3) is 5.91 Å². The molecule has 0 saturated carbocycles. The predicted molar refractivity (Wildman–Crippen MR) is 184 cm³/mol. The highest BCUT2D eigenvalue weighted by Gasteiger charge is 2.12. The average Bonchev–Trinajstić information content (AvgIpc) is 2.75. The lowest BCUT2D eigenvalue weighted by molar-refractivity contribution is 0.0946. The van der Waals surface area contributed by atoms with Crippen molar-refractivity contribution < 1.29 is 15.7 Å². The number of carbonyl (C=O) groups is 1. The third-order valence-corrected chi connectivity index (χ3v) is 5.82. The zero-order chi connectivity index (χ0) is 21.6. The summed E-state index contributed by atoms with van der Waals surface area (Å²) in [7, 11) is 4.44. The number of nitrogens with zero attached hydrogens (tertiary/aromatic N) is 4. The number of likely N-dealkylation sites (N-methyl/N-ethyl adjacent to an activating group) is 2. The minimum absolute atomic E-state index is 0. The smallest absolute Gasteiger partial charge is 0.251 e. The van der Waals surface area contributed by atoms with Gasteiger partial charge in [-0.05, 0) is 65.2 Å². The third kappa shape index (κ3) is 23.2. The number of carbonyl (C=O) groups excluding carboxylic acids is 1. The quantitative estimate of drug-likeness (QED) is 0.450. The summed E-state index contributed by atoms with van der Waals surface area (Å²) in [6, 6.07) is 9.44. The van der Waals surface area contributed by atoms with E-state index in [1.54, 1.807) is 0 Å². The van der Waals surface area contributed by atoms with Gasteiger partial charge in [-0.15, -0.1) is 84.9 Å². The van der Waals surface area contributed by atoms with E-state index < -0.39 is 0 Å². The van der Waals surface area contributed by atoms with Gasteiger partial charge in [0, 0.05) is 57.9 Å². The van der Waals surface area contributed by atoms with Crippen LogP contribution in [0.15, 0.2) is 30.3 Å². The maximum Gasteiger partial charge on any atom is 0.251 e. The second kappa shape index (κ2) is 31.3. The van der Waals surface area contributed by atoms with Crippen LogP contribution in [0.3, 0.4) is 0 Å². The van der Waals surface area contributed by atoms with Gasteiger partial charge in [-0.1, -0.05) is 18.2 Å². The second-order valence-electron chi connectivity index (χ2n) is 8.41. The zero-order valence-corrected chi connectivity index (χ0v) is 30.7. The van der Waals surface area contributed by atoms with E-state index in [-0.39, 0.29) is 102 Å². The molecular formula is C23H51Br5N6O3. The summed E-state index contributed by atoms with van der Waals surface area (Å²) in [5.41, 5.74) is 6.57. The van der Waals surface area contributed by atoms with E-state index >= 15 is 0 Å². The normalized spacial score (nSPS) is 16.2. The van der Waals surface area contributed by atoms with Crippen LogP contribution < -0.4 is 11.1 Å². The van der Waals surface area contributed by atoms with Crippen LogP contribution >= 0.6 is 84.9 Å². The number of rotatable bonds is 6. The molecule has 0 atom stereocenters. The summed E-state index contributed by atoms with van der Waals surface area (Å²) in [5, 5.41) is 3.07. The van der Waals surface area contributed by atoms with Crippen LogP contribution in [0.25, 0.3) is 0 Å². The van der Waals surface area contributed by atoms with E-state index in [4.69, 9.17) is 5.73 Å². The molecule has 1 heterocycles. The van der Waals surface area contributed by atoms with Crippen molar-refractivity contribution in [1.29, 1.82) is 0 Å². The molecule has 37 heavy (non-hydrogen) atoms. The van der Waals surface area contributed by atoms with Crippen LogP contribution in [-0.2, 0) is 0 Å². The minimum Gasteiger partial charge on any atom is -0.412 e. The topological polar surface area (TPSA) is 131 Å². The van der Waals surface area contributed by atoms with Gasteiger partial charge in [-0.2, -0.15) is 0 Å². The molecule has 0 unspecified atom stereocenters. The summed E-state index contributed by atoms with van der Waals surface area (Å²) in [6.07, 6.45) is 2.32. The molecule has 1 aromatic rings. The molecule has 14 heteroatoms. The second-order valence-corrected chi connectivity index (χ2v) is 8.41. The van der Waals surface area contributed by atoms with Crippen molar-refractivity contribution in [2.45, 2.75) is 12.8 Å². The number of nitrogens with one attached hydrogen (secondary N) is 1. The fourth-order valence-electron chi connectivity index (χ4n) is 3.85. The van der Waals surface area contributed by atoms with Gasteiger partial charge < -0.3 is 41.6 Å². The van der Waals surface area contributed by atoms with E-state index in [1.807, 2.05) is 30.3 Å². The van der Waals surface area contributed by atoms with Gasteiger partial charge in [0.2, 0.25) is 0 Å². The van der Waals surface area contributed by atoms with Crippen molar-refractivity contribution >= 4 is 90.8 Å². The summed E-state index contributed by atoms with van der Waals surface area (Å²) < 4.78 is 0. The Morgan fingerprint density at radius 1 is 0.730 bits per heavy atom. The Hall–Kier alpha value is 0.810. The minimum atomic E-state index is 0. The zero-order valence-electron chi connectivity index (χ0n) is 22.1. The molecule has 9 nitrogen and oxygen atoms in total. The molecule has 1 fully saturated rings. The Bertz CT molecular complexity index is 613. The van der Waals surface area contributed by atoms with Crippen LogP contribution in [0.5, 0.6) is 0 Å². The molecule has 1 saturated heterocycles. The average molecular weight is 859 g/mol. The number of halogens is 5. The molecule has 1 amide bonds. The number of hydrogen-bond donors (Lipinski definition) is 2. The van der Waals surface area contributed by atoms with E-state index in [1.165, 1.54) is 6.42 Å². The highest BCUT2D eigenvalue weighted by molar-refractivity contribution is 8.93. The van der Waals surface area contributed by atoms with Gasteiger partial charge in [0.15, 0.2) is 0 Å². The van der Waals surface area contributed by atoms with Crippen molar-refractivity contribution in [2.75, 3.05) is 92.6 Å². The first-order valence-corrected chi connectivity index (χ1v) is 11.4. The fourth-order valence-corrected chi connectivity index (χ4v) is 3.85. The third-order valence-electron chi connectivity index (χ3n) is 5.82.